The number of aliphatic hydroxyl groups is 1. The van der Waals surface area contributed by atoms with Crippen LogP contribution in [0.3, 0.4) is 0 Å². The third-order valence-electron chi connectivity index (χ3n) is 3.42. The molecule has 4 atom stereocenters. The molecule has 2 aliphatic carbocycles. The third kappa shape index (κ3) is 2.59. The molecule has 0 aromatic rings. The van der Waals surface area contributed by atoms with E-state index in [0.29, 0.717) is 36.9 Å². The molecule has 3 heteroatoms. The van der Waals surface area contributed by atoms with Gasteiger partial charge in [-0.1, -0.05) is 6.08 Å². The molecule has 0 radical (unpaired) electrons. The summed E-state index contributed by atoms with van der Waals surface area (Å²) in [4.78, 5) is 11.0. The highest BCUT2D eigenvalue weighted by Gasteiger charge is 2.51. The van der Waals surface area contributed by atoms with E-state index in [-0.39, 0.29) is 5.97 Å². The van der Waals surface area contributed by atoms with Crippen molar-refractivity contribution in [1.29, 1.82) is 0 Å². The molecule has 2 fully saturated rings. The molecular formula is C12H18O3. The minimum Gasteiger partial charge on any atom is -0.463 e. The smallest absolute Gasteiger partial charge is 0.330 e. The summed E-state index contributed by atoms with van der Waals surface area (Å²) in [5, 5.41) is 8.94. The summed E-state index contributed by atoms with van der Waals surface area (Å²) in [5.74, 6) is 2.28. The minimum atomic E-state index is -0.238. The first-order valence-electron chi connectivity index (χ1n) is 5.72. The van der Waals surface area contributed by atoms with Crippen LogP contribution in [0.4, 0.5) is 0 Å². The Labute approximate surface area is 90.1 Å². The summed E-state index contributed by atoms with van der Waals surface area (Å²) in [6.07, 6.45) is 5.86. The molecular weight excluding hydrogens is 192 g/mol. The Hall–Kier alpha value is -0.830. The lowest BCUT2D eigenvalue weighted by atomic mass is 10.2. The van der Waals surface area contributed by atoms with Crippen molar-refractivity contribution in [2.75, 3.05) is 13.2 Å². The van der Waals surface area contributed by atoms with E-state index in [2.05, 4.69) is 0 Å². The highest BCUT2D eigenvalue weighted by molar-refractivity contribution is 5.81. The zero-order valence-corrected chi connectivity index (χ0v) is 9.06. The van der Waals surface area contributed by atoms with E-state index in [9.17, 15) is 4.79 Å². The van der Waals surface area contributed by atoms with Gasteiger partial charge in [0.15, 0.2) is 0 Å². The number of hydrogen-bond donors (Lipinski definition) is 1. The average Bonchev–Trinajstić information content (AvgIpc) is 3.09. The maximum Gasteiger partial charge on any atom is 0.330 e. The zero-order valence-electron chi connectivity index (χ0n) is 9.06. The molecule has 0 bridgehead atoms. The second-order valence-corrected chi connectivity index (χ2v) is 4.52. The Morgan fingerprint density at radius 1 is 1.47 bits per heavy atom. The normalized spacial score (nSPS) is 38.0. The van der Waals surface area contributed by atoms with Crippen molar-refractivity contribution in [3.8, 4) is 0 Å². The van der Waals surface area contributed by atoms with E-state index >= 15 is 0 Å². The van der Waals surface area contributed by atoms with Gasteiger partial charge in [-0.2, -0.15) is 0 Å². The van der Waals surface area contributed by atoms with Gasteiger partial charge in [0.1, 0.15) is 0 Å². The van der Waals surface area contributed by atoms with Crippen LogP contribution in [0.1, 0.15) is 19.8 Å². The van der Waals surface area contributed by atoms with Crippen molar-refractivity contribution in [1.82, 2.24) is 0 Å². The Morgan fingerprint density at radius 2 is 2.27 bits per heavy atom. The van der Waals surface area contributed by atoms with Crippen molar-refractivity contribution in [2.24, 2.45) is 23.7 Å². The number of carbonyl (C=O) groups excluding carboxylic acids is 1. The van der Waals surface area contributed by atoms with Crippen LogP contribution in [0.5, 0.6) is 0 Å². The van der Waals surface area contributed by atoms with Gasteiger partial charge in [0.2, 0.25) is 0 Å². The lowest BCUT2D eigenvalue weighted by molar-refractivity contribution is -0.137. The highest BCUT2D eigenvalue weighted by Crippen LogP contribution is 2.58. The van der Waals surface area contributed by atoms with E-state index in [1.165, 1.54) is 12.8 Å². The van der Waals surface area contributed by atoms with Crippen molar-refractivity contribution in [3.63, 3.8) is 0 Å². The zero-order chi connectivity index (χ0) is 10.8. The molecule has 2 saturated carbocycles. The van der Waals surface area contributed by atoms with E-state index < -0.39 is 0 Å². The van der Waals surface area contributed by atoms with Gasteiger partial charge in [0.05, 0.1) is 6.61 Å². The first kappa shape index (κ1) is 10.7. The number of allylic oxidation sites excluding steroid dienone is 1. The third-order valence-corrected chi connectivity index (χ3v) is 3.42. The van der Waals surface area contributed by atoms with Crippen molar-refractivity contribution in [3.05, 3.63) is 12.2 Å². The second kappa shape index (κ2) is 4.35. The fourth-order valence-electron chi connectivity index (χ4n) is 2.35. The number of aliphatic hydroxyl groups excluding tert-OH is 1. The lowest BCUT2D eigenvalue weighted by Crippen LogP contribution is -1.99. The molecule has 0 aromatic carbocycles. The summed E-state index contributed by atoms with van der Waals surface area (Å²) in [5.41, 5.74) is 0. The van der Waals surface area contributed by atoms with E-state index in [4.69, 9.17) is 9.84 Å². The Morgan fingerprint density at radius 3 is 2.87 bits per heavy atom. The Kier molecular flexibility index (Phi) is 3.10. The first-order valence-corrected chi connectivity index (χ1v) is 5.72. The van der Waals surface area contributed by atoms with Gasteiger partial charge >= 0.3 is 5.97 Å². The number of ether oxygens (including phenoxy) is 1. The molecule has 0 spiro atoms. The summed E-state index contributed by atoms with van der Waals surface area (Å²) in [6.45, 7) is 2.57. The minimum absolute atomic E-state index is 0.238. The van der Waals surface area contributed by atoms with Crippen molar-refractivity contribution >= 4 is 5.97 Å². The molecule has 1 N–H and O–H groups in total. The van der Waals surface area contributed by atoms with Crippen LogP contribution in [-0.4, -0.2) is 24.3 Å². The average molecular weight is 210 g/mol. The van der Waals surface area contributed by atoms with Crippen LogP contribution in [0.15, 0.2) is 12.2 Å². The molecule has 0 saturated heterocycles. The van der Waals surface area contributed by atoms with Crippen LogP contribution in [-0.2, 0) is 9.53 Å². The quantitative estimate of drug-likeness (QED) is 0.550. The van der Waals surface area contributed by atoms with Crippen LogP contribution in [0, 0.1) is 23.7 Å². The van der Waals surface area contributed by atoms with E-state index in [1.54, 1.807) is 6.08 Å². The highest BCUT2D eigenvalue weighted by atomic mass is 16.5. The summed E-state index contributed by atoms with van der Waals surface area (Å²) < 4.78 is 4.81. The van der Waals surface area contributed by atoms with Gasteiger partial charge in [-0.3, -0.25) is 0 Å². The molecule has 0 aromatic heterocycles. The molecule has 0 heterocycles. The number of carbonyl (C=O) groups is 1. The second-order valence-electron chi connectivity index (χ2n) is 4.52. The number of esters is 1. The van der Waals surface area contributed by atoms with Gasteiger partial charge in [-0.05, 0) is 43.4 Å². The van der Waals surface area contributed by atoms with Gasteiger partial charge < -0.3 is 9.84 Å². The van der Waals surface area contributed by atoms with E-state index in [0.717, 1.165) is 0 Å². The predicted molar refractivity (Wildman–Crippen MR) is 56.1 cm³/mol. The molecule has 15 heavy (non-hydrogen) atoms. The van der Waals surface area contributed by atoms with Gasteiger partial charge in [-0.15, -0.1) is 0 Å². The molecule has 2 rings (SSSR count). The summed E-state index contributed by atoms with van der Waals surface area (Å²) in [6, 6.07) is 0. The summed E-state index contributed by atoms with van der Waals surface area (Å²) >= 11 is 0. The fraction of sp³-hybridized carbons (Fsp3) is 0.750. The van der Waals surface area contributed by atoms with Gasteiger partial charge in [0.25, 0.3) is 0 Å². The SMILES string of the molecule is CCOC(=O)/C=C/[C@H]1C[C@@H]1[C@H]1C[C@@H]1CO. The standard InChI is InChI=1S/C12H18O3/c1-2-15-12(14)4-3-8-5-10(8)11-6-9(11)7-13/h3-4,8-11,13H,2,5-7H2,1H3/b4-3+/t8-,9+,10-,11-/m0/s1. The molecule has 84 valence electrons. The Bertz CT molecular complexity index is 272. The lowest BCUT2D eigenvalue weighted by Gasteiger charge is -1.95. The summed E-state index contributed by atoms with van der Waals surface area (Å²) in [7, 11) is 0. The van der Waals surface area contributed by atoms with Crippen LogP contribution in [0.25, 0.3) is 0 Å². The van der Waals surface area contributed by atoms with Gasteiger partial charge in [0, 0.05) is 12.7 Å². The molecule has 3 nitrogen and oxygen atoms in total. The monoisotopic (exact) mass is 210 g/mol. The van der Waals surface area contributed by atoms with Gasteiger partial charge in [-0.25, -0.2) is 4.79 Å². The molecule has 2 aliphatic rings. The van der Waals surface area contributed by atoms with Crippen LogP contribution >= 0.6 is 0 Å². The molecule has 0 amide bonds. The maximum atomic E-state index is 11.0. The van der Waals surface area contributed by atoms with E-state index in [1.807, 2.05) is 13.0 Å². The van der Waals surface area contributed by atoms with Crippen LogP contribution in [0.2, 0.25) is 0 Å². The molecule has 0 unspecified atom stereocenters. The predicted octanol–water partition coefficient (Wildman–Crippen LogP) is 1.37. The molecule has 0 aliphatic heterocycles. The van der Waals surface area contributed by atoms with Crippen LogP contribution < -0.4 is 0 Å². The number of hydrogen-bond acceptors (Lipinski definition) is 3. The largest absolute Gasteiger partial charge is 0.463 e. The Balaban J connectivity index is 1.69. The number of rotatable bonds is 5. The first-order chi connectivity index (χ1) is 7.26. The van der Waals surface area contributed by atoms with Crippen molar-refractivity contribution in [2.45, 2.75) is 19.8 Å². The topological polar surface area (TPSA) is 46.5 Å². The fourth-order valence-corrected chi connectivity index (χ4v) is 2.35. The maximum absolute atomic E-state index is 11.0. The van der Waals surface area contributed by atoms with Crippen molar-refractivity contribution < 1.29 is 14.6 Å².